The van der Waals surface area contributed by atoms with Crippen LogP contribution >= 0.6 is 11.3 Å². The molecule has 0 atom stereocenters. The van der Waals surface area contributed by atoms with Crippen molar-refractivity contribution in [1.29, 1.82) is 0 Å². The van der Waals surface area contributed by atoms with E-state index in [1.807, 2.05) is 18.2 Å². The summed E-state index contributed by atoms with van der Waals surface area (Å²) < 4.78 is 25.4. The third-order valence-electron chi connectivity index (χ3n) is 5.60. The van der Waals surface area contributed by atoms with Gasteiger partial charge < -0.3 is 19.7 Å². The Balaban J connectivity index is 1.74. The Hall–Kier alpha value is -4.05. The van der Waals surface area contributed by atoms with Crippen molar-refractivity contribution < 1.29 is 23.5 Å². The maximum absolute atomic E-state index is 13.7. The second-order valence-electron chi connectivity index (χ2n) is 7.92. The second kappa shape index (κ2) is 11.1. The zero-order valence-electron chi connectivity index (χ0n) is 20.1. The number of fused-ring (bicyclic) bond motifs is 1. The summed E-state index contributed by atoms with van der Waals surface area (Å²) in [5.74, 6) is 0.141. The van der Waals surface area contributed by atoms with Gasteiger partial charge in [-0.05, 0) is 41.8 Å². The third-order valence-corrected chi connectivity index (χ3v) is 6.77. The second-order valence-corrected chi connectivity index (χ2v) is 8.97. The molecule has 0 bridgehead atoms. The molecule has 0 fully saturated rings. The largest absolute Gasteiger partial charge is 0.497 e. The van der Waals surface area contributed by atoms with Gasteiger partial charge in [-0.1, -0.05) is 6.07 Å². The number of amides is 2. The highest BCUT2D eigenvalue weighted by Crippen LogP contribution is 2.39. The Morgan fingerprint density at radius 2 is 1.89 bits per heavy atom. The van der Waals surface area contributed by atoms with Gasteiger partial charge in [-0.3, -0.25) is 14.6 Å². The van der Waals surface area contributed by atoms with E-state index in [1.54, 1.807) is 44.8 Å². The summed E-state index contributed by atoms with van der Waals surface area (Å²) in [5, 5.41) is 3.39. The third kappa shape index (κ3) is 5.60. The van der Waals surface area contributed by atoms with Gasteiger partial charge in [0, 0.05) is 42.0 Å². The van der Waals surface area contributed by atoms with E-state index in [9.17, 15) is 14.0 Å². The van der Waals surface area contributed by atoms with Crippen LogP contribution < -0.4 is 14.8 Å². The number of carbonyl (C=O) groups excluding carboxylic acids is 2. The summed E-state index contributed by atoms with van der Waals surface area (Å²) in [5.41, 5.74) is 2.06. The molecule has 3 aromatic heterocycles. The number of methoxy groups -OCH3 is 2. The van der Waals surface area contributed by atoms with Crippen molar-refractivity contribution in [1.82, 2.24) is 20.2 Å². The van der Waals surface area contributed by atoms with Crippen LogP contribution in [0.4, 0.5) is 4.39 Å². The maximum atomic E-state index is 13.7. The van der Waals surface area contributed by atoms with E-state index in [0.29, 0.717) is 22.1 Å². The molecule has 1 N–H and O–H groups in total. The first-order valence-corrected chi connectivity index (χ1v) is 12.0. The average molecular weight is 509 g/mol. The van der Waals surface area contributed by atoms with Crippen LogP contribution in [0.25, 0.3) is 21.2 Å². The van der Waals surface area contributed by atoms with Gasteiger partial charge in [0.15, 0.2) is 0 Å². The minimum Gasteiger partial charge on any atom is -0.497 e. The van der Waals surface area contributed by atoms with E-state index >= 15 is 0 Å². The molecule has 3 heterocycles. The van der Waals surface area contributed by atoms with E-state index in [-0.39, 0.29) is 31.3 Å². The zero-order chi connectivity index (χ0) is 25.7. The molecule has 4 rings (SSSR count). The van der Waals surface area contributed by atoms with Gasteiger partial charge in [-0.25, -0.2) is 4.98 Å². The number of aromatic nitrogens is 2. The van der Waals surface area contributed by atoms with Gasteiger partial charge in [0.1, 0.15) is 11.5 Å². The van der Waals surface area contributed by atoms with Gasteiger partial charge in [0.2, 0.25) is 11.9 Å². The number of carbonyl (C=O) groups is 2. The smallest absolute Gasteiger partial charge is 0.264 e. The summed E-state index contributed by atoms with van der Waals surface area (Å²) >= 11 is 1.33. The van der Waals surface area contributed by atoms with Crippen LogP contribution in [0.2, 0.25) is 0 Å². The number of rotatable bonds is 9. The van der Waals surface area contributed by atoms with E-state index < -0.39 is 5.95 Å². The van der Waals surface area contributed by atoms with Crippen LogP contribution in [-0.2, 0) is 11.3 Å². The molecule has 2 amide bonds. The van der Waals surface area contributed by atoms with Crippen molar-refractivity contribution in [3.63, 3.8) is 0 Å². The predicted molar refractivity (Wildman–Crippen MR) is 136 cm³/mol. The van der Waals surface area contributed by atoms with Gasteiger partial charge in [0.05, 0.1) is 37.5 Å². The number of thiophene rings is 1. The van der Waals surface area contributed by atoms with Gasteiger partial charge in [-0.15, -0.1) is 11.3 Å². The number of hydrogen-bond acceptors (Lipinski definition) is 7. The van der Waals surface area contributed by atoms with Crippen molar-refractivity contribution in [2.24, 2.45) is 0 Å². The minimum absolute atomic E-state index is 0.0673. The maximum Gasteiger partial charge on any atom is 0.264 e. The fourth-order valence-electron chi connectivity index (χ4n) is 3.74. The van der Waals surface area contributed by atoms with Gasteiger partial charge in [-0.2, -0.15) is 4.39 Å². The molecule has 36 heavy (non-hydrogen) atoms. The number of pyridine rings is 2. The van der Waals surface area contributed by atoms with Crippen LogP contribution in [0.5, 0.6) is 11.5 Å². The summed E-state index contributed by atoms with van der Waals surface area (Å²) in [6.45, 7) is 0.221. The van der Waals surface area contributed by atoms with Crippen molar-refractivity contribution in [3.8, 4) is 22.6 Å². The van der Waals surface area contributed by atoms with Crippen LogP contribution in [-0.4, -0.2) is 54.5 Å². The first kappa shape index (κ1) is 25.1. The quantitative estimate of drug-likeness (QED) is 0.339. The number of nitrogens with one attached hydrogen (secondary N) is 1. The van der Waals surface area contributed by atoms with Crippen LogP contribution in [0.1, 0.15) is 21.8 Å². The molecule has 0 unspecified atom stereocenters. The van der Waals surface area contributed by atoms with E-state index in [4.69, 9.17) is 9.47 Å². The highest BCUT2D eigenvalue weighted by molar-refractivity contribution is 7.21. The fraction of sp³-hybridized carbons (Fsp3) is 0.231. The molecule has 1 aromatic carbocycles. The van der Waals surface area contributed by atoms with Gasteiger partial charge >= 0.3 is 0 Å². The number of halogens is 1. The molecule has 0 spiro atoms. The normalized spacial score (nSPS) is 10.8. The number of benzene rings is 1. The molecule has 186 valence electrons. The Morgan fingerprint density at radius 3 is 2.61 bits per heavy atom. The Bertz CT molecular complexity index is 1410. The molecule has 0 aliphatic rings. The highest BCUT2D eigenvalue weighted by Gasteiger charge is 2.22. The van der Waals surface area contributed by atoms with Crippen LogP contribution in [0.3, 0.4) is 0 Å². The molecule has 0 radical (unpaired) electrons. The van der Waals surface area contributed by atoms with E-state index in [2.05, 4.69) is 15.3 Å². The molecule has 8 nitrogen and oxygen atoms in total. The monoisotopic (exact) mass is 508 g/mol. The Morgan fingerprint density at radius 1 is 1.08 bits per heavy atom. The van der Waals surface area contributed by atoms with Gasteiger partial charge in [0.25, 0.3) is 5.91 Å². The lowest BCUT2D eigenvalue weighted by Gasteiger charge is -2.21. The molecular weight excluding hydrogens is 483 g/mol. The lowest BCUT2D eigenvalue weighted by atomic mass is 10.0. The van der Waals surface area contributed by atoms with Crippen molar-refractivity contribution in [3.05, 3.63) is 71.4 Å². The van der Waals surface area contributed by atoms with Crippen molar-refractivity contribution in [2.45, 2.75) is 13.0 Å². The predicted octanol–water partition coefficient (Wildman–Crippen LogP) is 4.29. The molecule has 0 saturated heterocycles. The SMILES string of the molecule is CNC(=O)CCN(Cc1cccc(F)n1)C(=O)c1cc2cc(OC)cc(-c3cncc(OC)c3)c2s1. The van der Waals surface area contributed by atoms with Crippen LogP contribution in [0.15, 0.2) is 54.9 Å². The first-order valence-electron chi connectivity index (χ1n) is 11.1. The molecule has 0 saturated carbocycles. The average Bonchev–Trinajstić information content (AvgIpc) is 3.34. The Kier molecular flexibility index (Phi) is 7.74. The number of ether oxygens (including phenoxy) is 2. The summed E-state index contributed by atoms with van der Waals surface area (Å²) in [4.78, 5) is 35.6. The number of hydrogen-bond donors (Lipinski definition) is 1. The molecule has 0 aliphatic carbocycles. The van der Waals surface area contributed by atoms with E-state index in [1.165, 1.54) is 29.4 Å². The highest BCUT2D eigenvalue weighted by atomic mass is 32.1. The fourth-order valence-corrected chi connectivity index (χ4v) is 4.89. The molecule has 10 heteroatoms. The van der Waals surface area contributed by atoms with Crippen molar-refractivity contribution in [2.75, 3.05) is 27.8 Å². The van der Waals surface area contributed by atoms with E-state index in [0.717, 1.165) is 21.2 Å². The Labute approximate surface area is 211 Å². The number of nitrogens with zero attached hydrogens (tertiary/aromatic N) is 3. The first-order chi connectivity index (χ1) is 17.4. The topological polar surface area (TPSA) is 93.7 Å². The summed E-state index contributed by atoms with van der Waals surface area (Å²) in [6, 6.07) is 11.9. The van der Waals surface area contributed by atoms with Crippen molar-refractivity contribution >= 4 is 33.2 Å². The lowest BCUT2D eigenvalue weighted by molar-refractivity contribution is -0.120. The molecule has 0 aliphatic heterocycles. The summed E-state index contributed by atoms with van der Waals surface area (Å²) in [7, 11) is 4.70. The minimum atomic E-state index is -0.628. The van der Waals surface area contributed by atoms with Crippen LogP contribution in [0, 0.1) is 5.95 Å². The summed E-state index contributed by atoms with van der Waals surface area (Å²) in [6.07, 6.45) is 3.45. The lowest BCUT2D eigenvalue weighted by Crippen LogP contribution is -2.34. The molecule has 4 aromatic rings. The zero-order valence-corrected chi connectivity index (χ0v) is 20.9. The standard InChI is InChI=1S/C26H25FN4O4S/c1-28-24(32)7-8-31(15-18-5-4-6-23(27)30-18)26(33)22-11-16-9-19(34-2)12-21(25(16)36-22)17-10-20(35-3)14-29-13-17/h4-6,9-14H,7-8,15H2,1-3H3,(H,28,32). The molecular formula is C26H25FN4O4S.